The van der Waals surface area contributed by atoms with Crippen molar-refractivity contribution in [3.8, 4) is 0 Å². The van der Waals surface area contributed by atoms with Crippen molar-refractivity contribution >= 4 is 23.2 Å². The number of amides is 1. The van der Waals surface area contributed by atoms with Crippen molar-refractivity contribution < 1.29 is 13.6 Å². The Kier molecular flexibility index (Phi) is 5.18. The fraction of sp³-hybridized carbons (Fsp3) is 0.0556. The van der Waals surface area contributed by atoms with Gasteiger partial charge in [0.15, 0.2) is 11.6 Å². The molecule has 3 aromatic rings. The highest BCUT2D eigenvalue weighted by Gasteiger charge is 2.16. The van der Waals surface area contributed by atoms with Gasteiger partial charge in [-0.1, -0.05) is 29.8 Å². The molecule has 2 aromatic carbocycles. The summed E-state index contributed by atoms with van der Waals surface area (Å²) in [6.45, 7) is -0.139. The summed E-state index contributed by atoms with van der Waals surface area (Å²) in [5.74, 6) is -3.10. The van der Waals surface area contributed by atoms with Crippen LogP contribution in [0.1, 0.15) is 15.9 Å². The Balaban J connectivity index is 1.93. The molecule has 0 aliphatic heterocycles. The minimum Gasteiger partial charge on any atom is -0.322 e. The third-order valence-corrected chi connectivity index (χ3v) is 4.14. The number of nitrogens with one attached hydrogen (secondary N) is 2. The van der Waals surface area contributed by atoms with Gasteiger partial charge in [0.1, 0.15) is 5.56 Å². The van der Waals surface area contributed by atoms with Gasteiger partial charge in [-0.2, -0.15) is 0 Å². The number of rotatable bonds is 4. The number of aromatic nitrogens is 2. The van der Waals surface area contributed by atoms with Crippen LogP contribution >= 0.6 is 11.6 Å². The molecule has 1 aromatic heterocycles. The van der Waals surface area contributed by atoms with E-state index in [-0.39, 0.29) is 17.8 Å². The van der Waals surface area contributed by atoms with E-state index < -0.39 is 28.8 Å². The molecule has 9 heteroatoms. The van der Waals surface area contributed by atoms with Crippen LogP contribution in [-0.4, -0.2) is 15.5 Å². The number of benzene rings is 2. The molecule has 2 N–H and O–H groups in total. The Morgan fingerprint density at radius 1 is 1.11 bits per heavy atom. The van der Waals surface area contributed by atoms with Crippen molar-refractivity contribution in [1.29, 1.82) is 0 Å². The Morgan fingerprint density at radius 3 is 2.56 bits per heavy atom. The lowest BCUT2D eigenvalue weighted by Crippen LogP contribution is -2.39. The molecule has 0 radical (unpaired) electrons. The molecular weight excluding hydrogens is 380 g/mol. The number of carbonyl (C=O) groups is 1. The Bertz CT molecular complexity index is 1140. The molecule has 0 fully saturated rings. The highest BCUT2D eigenvalue weighted by atomic mass is 35.5. The summed E-state index contributed by atoms with van der Waals surface area (Å²) in [6.07, 6.45) is 0.961. The third-order valence-electron chi connectivity index (χ3n) is 3.77. The maximum Gasteiger partial charge on any atom is 0.328 e. The second-order valence-electron chi connectivity index (χ2n) is 5.57. The molecule has 0 atom stereocenters. The van der Waals surface area contributed by atoms with Crippen molar-refractivity contribution in [2.45, 2.75) is 6.54 Å². The topological polar surface area (TPSA) is 84.0 Å². The molecular formula is C18H12ClF2N3O3. The summed E-state index contributed by atoms with van der Waals surface area (Å²) in [7, 11) is 0. The van der Waals surface area contributed by atoms with E-state index in [0.717, 1.165) is 29.0 Å². The predicted octanol–water partition coefficient (Wildman–Crippen LogP) is 2.77. The lowest BCUT2D eigenvalue weighted by molar-refractivity contribution is 0.102. The molecule has 0 saturated heterocycles. The SMILES string of the molecule is O=C(Nc1ccc(F)c(F)c1)c1c[nH]c(=O)n(Cc2ccccc2Cl)c1=O. The molecule has 27 heavy (non-hydrogen) atoms. The first kappa shape index (κ1) is 18.5. The van der Waals surface area contributed by atoms with E-state index >= 15 is 0 Å². The van der Waals surface area contributed by atoms with Gasteiger partial charge in [-0.15, -0.1) is 0 Å². The van der Waals surface area contributed by atoms with Crippen molar-refractivity contribution in [2.24, 2.45) is 0 Å². The smallest absolute Gasteiger partial charge is 0.322 e. The fourth-order valence-corrected chi connectivity index (χ4v) is 2.58. The second kappa shape index (κ2) is 7.55. The minimum atomic E-state index is -1.15. The number of nitrogens with zero attached hydrogens (tertiary/aromatic N) is 1. The van der Waals surface area contributed by atoms with E-state index in [1.807, 2.05) is 0 Å². The van der Waals surface area contributed by atoms with Gasteiger partial charge in [-0.25, -0.2) is 13.6 Å². The van der Waals surface area contributed by atoms with Gasteiger partial charge in [-0.05, 0) is 23.8 Å². The summed E-state index contributed by atoms with van der Waals surface area (Å²) in [6, 6.07) is 9.40. The molecule has 0 aliphatic carbocycles. The molecule has 138 valence electrons. The van der Waals surface area contributed by atoms with Gasteiger partial charge in [0.05, 0.1) is 6.54 Å². The van der Waals surface area contributed by atoms with Crippen molar-refractivity contribution in [2.75, 3.05) is 5.32 Å². The van der Waals surface area contributed by atoms with Crippen molar-refractivity contribution in [1.82, 2.24) is 9.55 Å². The van der Waals surface area contributed by atoms with Crippen LogP contribution in [0.3, 0.4) is 0 Å². The van der Waals surface area contributed by atoms with Gasteiger partial charge in [0.25, 0.3) is 11.5 Å². The van der Waals surface area contributed by atoms with E-state index in [0.29, 0.717) is 10.6 Å². The molecule has 0 unspecified atom stereocenters. The van der Waals surface area contributed by atoms with Crippen molar-refractivity contribution in [3.05, 3.63) is 97.3 Å². The lowest BCUT2D eigenvalue weighted by Gasteiger charge is -2.09. The van der Waals surface area contributed by atoms with E-state index in [9.17, 15) is 23.2 Å². The number of aromatic amines is 1. The molecule has 3 rings (SSSR count). The average Bonchev–Trinajstić information content (AvgIpc) is 2.63. The van der Waals surface area contributed by atoms with Crippen LogP contribution in [0.15, 0.2) is 58.3 Å². The first-order valence-corrected chi connectivity index (χ1v) is 8.07. The molecule has 1 heterocycles. The summed E-state index contributed by atoms with van der Waals surface area (Å²) < 4.78 is 27.0. The minimum absolute atomic E-state index is 0.0397. The standard InChI is InChI=1S/C18H12ClF2N3O3/c19-13-4-2-1-3-10(13)9-24-17(26)12(8-22-18(24)27)16(25)23-11-5-6-14(20)15(21)7-11/h1-8H,9H2,(H,22,27)(H,23,25). The highest BCUT2D eigenvalue weighted by Crippen LogP contribution is 2.15. The largest absolute Gasteiger partial charge is 0.328 e. The fourth-order valence-electron chi connectivity index (χ4n) is 2.39. The number of H-pyrrole nitrogens is 1. The van der Waals surface area contributed by atoms with E-state index in [2.05, 4.69) is 10.3 Å². The zero-order valence-electron chi connectivity index (χ0n) is 13.6. The first-order valence-electron chi connectivity index (χ1n) is 7.69. The number of carbonyl (C=O) groups excluding carboxylic acids is 1. The average molecular weight is 392 g/mol. The number of anilines is 1. The normalized spacial score (nSPS) is 10.6. The third kappa shape index (κ3) is 3.95. The molecule has 0 spiro atoms. The number of hydrogen-bond donors (Lipinski definition) is 2. The molecule has 0 saturated carbocycles. The zero-order chi connectivity index (χ0) is 19.6. The van der Waals surface area contributed by atoms with Crippen LogP contribution in [0.4, 0.5) is 14.5 Å². The zero-order valence-corrected chi connectivity index (χ0v) is 14.4. The Hall–Kier alpha value is -3.26. The van der Waals surface area contributed by atoms with Crippen LogP contribution in [0, 0.1) is 11.6 Å². The molecule has 0 bridgehead atoms. The summed E-state index contributed by atoms with van der Waals surface area (Å²) in [5.41, 5.74) is -1.46. The maximum atomic E-state index is 13.3. The number of hydrogen-bond acceptors (Lipinski definition) is 3. The van der Waals surface area contributed by atoms with Gasteiger partial charge in [-0.3, -0.25) is 14.2 Å². The van der Waals surface area contributed by atoms with E-state index in [4.69, 9.17) is 11.6 Å². The Morgan fingerprint density at radius 2 is 1.85 bits per heavy atom. The van der Waals surface area contributed by atoms with Gasteiger partial charge in [0, 0.05) is 23.0 Å². The predicted molar refractivity (Wildman–Crippen MR) is 96.2 cm³/mol. The van der Waals surface area contributed by atoms with Crippen molar-refractivity contribution in [3.63, 3.8) is 0 Å². The monoisotopic (exact) mass is 391 g/mol. The first-order chi connectivity index (χ1) is 12.9. The van der Waals surface area contributed by atoms with E-state index in [1.165, 1.54) is 0 Å². The van der Waals surface area contributed by atoms with E-state index in [1.54, 1.807) is 24.3 Å². The molecule has 6 nitrogen and oxygen atoms in total. The summed E-state index contributed by atoms with van der Waals surface area (Å²) in [5, 5.41) is 2.64. The van der Waals surface area contributed by atoms with Gasteiger partial charge < -0.3 is 10.3 Å². The van der Waals surface area contributed by atoms with Crippen LogP contribution < -0.4 is 16.6 Å². The summed E-state index contributed by atoms with van der Waals surface area (Å²) >= 11 is 6.04. The summed E-state index contributed by atoms with van der Waals surface area (Å²) in [4.78, 5) is 39.2. The van der Waals surface area contributed by atoms with Crippen LogP contribution in [0.5, 0.6) is 0 Å². The maximum absolute atomic E-state index is 13.3. The molecule has 0 aliphatic rings. The Labute approximate surface area is 156 Å². The van der Waals surface area contributed by atoms with Crippen LogP contribution in [0.2, 0.25) is 5.02 Å². The molecule has 1 amide bonds. The number of halogens is 3. The van der Waals surface area contributed by atoms with Gasteiger partial charge >= 0.3 is 5.69 Å². The van der Waals surface area contributed by atoms with Crippen LogP contribution in [-0.2, 0) is 6.54 Å². The van der Waals surface area contributed by atoms with Gasteiger partial charge in [0.2, 0.25) is 0 Å². The lowest BCUT2D eigenvalue weighted by atomic mass is 10.2. The quantitative estimate of drug-likeness (QED) is 0.717. The van der Waals surface area contributed by atoms with Crippen LogP contribution in [0.25, 0.3) is 0 Å². The highest BCUT2D eigenvalue weighted by molar-refractivity contribution is 6.31. The second-order valence-corrected chi connectivity index (χ2v) is 5.98.